The van der Waals surface area contributed by atoms with Gasteiger partial charge in [0.25, 0.3) is 0 Å². The Morgan fingerprint density at radius 1 is 1.14 bits per heavy atom. The summed E-state index contributed by atoms with van der Waals surface area (Å²) >= 11 is 1.58. The van der Waals surface area contributed by atoms with E-state index in [9.17, 15) is 9.00 Å². The number of aromatic nitrogens is 1. The van der Waals surface area contributed by atoms with E-state index in [1.165, 1.54) is 0 Å². The van der Waals surface area contributed by atoms with Gasteiger partial charge in [-0.3, -0.25) is 4.79 Å². The summed E-state index contributed by atoms with van der Waals surface area (Å²) in [6.45, 7) is 8.15. The van der Waals surface area contributed by atoms with Crippen LogP contribution in [-0.4, -0.2) is 40.8 Å². The molecule has 2 aromatic carbocycles. The van der Waals surface area contributed by atoms with Crippen molar-refractivity contribution in [1.82, 2.24) is 20.3 Å². The molecule has 4 rings (SSSR count). The number of benzene rings is 2. The Morgan fingerprint density at radius 2 is 1.86 bits per heavy atom. The fraction of sp³-hybridized carbons (Fsp3) is 0.407. The number of thiazole rings is 1. The molecule has 1 aliphatic heterocycles. The summed E-state index contributed by atoms with van der Waals surface area (Å²) in [6.07, 6.45) is 3.57. The first kappa shape index (κ1) is 26.5. The van der Waals surface area contributed by atoms with Gasteiger partial charge < -0.3 is 16.0 Å². The zero-order valence-corrected chi connectivity index (χ0v) is 22.9. The third-order valence-electron chi connectivity index (χ3n) is 6.01. The molecule has 0 saturated carbocycles. The number of carbonyl (C=O) groups is 1. The maximum Gasteiger partial charge on any atom is 0.223 e. The van der Waals surface area contributed by atoms with Gasteiger partial charge in [-0.05, 0) is 82.6 Å². The lowest BCUT2D eigenvalue weighted by molar-refractivity contribution is -0.125. The van der Waals surface area contributed by atoms with Gasteiger partial charge in [0.1, 0.15) is 16.0 Å². The van der Waals surface area contributed by atoms with E-state index in [0.29, 0.717) is 11.4 Å². The molecule has 0 aliphatic carbocycles. The minimum Gasteiger partial charge on any atom is -0.388 e. The highest BCUT2D eigenvalue weighted by Gasteiger charge is 2.22. The number of piperidine rings is 1. The molecule has 4 N–H and O–H groups in total. The van der Waals surface area contributed by atoms with Crippen LogP contribution in [0.3, 0.4) is 0 Å². The number of hydrogen-bond acceptors (Lipinski definition) is 6. The number of amides is 1. The van der Waals surface area contributed by atoms with Crippen LogP contribution < -0.4 is 20.7 Å². The number of rotatable bonds is 8. The molecular weight excluding hydrogens is 490 g/mol. The van der Waals surface area contributed by atoms with Crippen LogP contribution in [0.5, 0.6) is 0 Å². The molecule has 7 nitrogen and oxygen atoms in total. The summed E-state index contributed by atoms with van der Waals surface area (Å²) in [7, 11) is 0.461. The van der Waals surface area contributed by atoms with Gasteiger partial charge in [0.15, 0.2) is 0 Å². The monoisotopic (exact) mass is 525 g/mol. The molecule has 2 heterocycles. The number of nitrogens with zero attached hydrogens (tertiary/aromatic N) is 1. The number of anilines is 1. The molecular formula is C27H35N5O2S2. The predicted octanol–water partition coefficient (Wildman–Crippen LogP) is 4.55. The van der Waals surface area contributed by atoms with Crippen LogP contribution >= 0.6 is 11.3 Å². The standard InChI is InChI=1S/C27H35N5O2S2/c1-27(2,3)32-36(34)24-15-18(16-30-25(33)19-11-13-29-14-12-19)5-10-22(24)23-17-31-26(35-23)20-6-8-21(28-4)9-7-20/h5-10,15,17,19,28-29,32H,11-14,16H2,1-4H3,(H,30,33). The van der Waals surface area contributed by atoms with Gasteiger partial charge in [-0.25, -0.2) is 13.9 Å². The zero-order valence-electron chi connectivity index (χ0n) is 21.3. The summed E-state index contributed by atoms with van der Waals surface area (Å²) in [5, 5.41) is 10.4. The third kappa shape index (κ3) is 6.79. The highest BCUT2D eigenvalue weighted by molar-refractivity contribution is 7.83. The smallest absolute Gasteiger partial charge is 0.223 e. The number of hydrogen-bond donors (Lipinski definition) is 4. The van der Waals surface area contributed by atoms with Gasteiger partial charge in [0.2, 0.25) is 5.91 Å². The van der Waals surface area contributed by atoms with Crippen molar-refractivity contribution in [2.75, 3.05) is 25.5 Å². The van der Waals surface area contributed by atoms with E-state index in [4.69, 9.17) is 0 Å². The van der Waals surface area contributed by atoms with Gasteiger partial charge in [0, 0.05) is 48.1 Å². The second kappa shape index (κ2) is 11.6. The largest absolute Gasteiger partial charge is 0.388 e. The van der Waals surface area contributed by atoms with Crippen molar-refractivity contribution in [1.29, 1.82) is 0 Å². The molecule has 1 saturated heterocycles. The van der Waals surface area contributed by atoms with Gasteiger partial charge >= 0.3 is 0 Å². The van der Waals surface area contributed by atoms with Crippen LogP contribution in [-0.2, 0) is 22.3 Å². The molecule has 0 spiro atoms. The lowest BCUT2D eigenvalue weighted by Gasteiger charge is -2.22. The van der Waals surface area contributed by atoms with E-state index in [1.807, 2.05) is 76.5 Å². The maximum atomic E-state index is 13.4. The maximum absolute atomic E-state index is 13.4. The minimum atomic E-state index is -1.43. The van der Waals surface area contributed by atoms with Crippen LogP contribution in [0.15, 0.2) is 53.6 Å². The van der Waals surface area contributed by atoms with Crippen LogP contribution in [0.2, 0.25) is 0 Å². The van der Waals surface area contributed by atoms with E-state index in [-0.39, 0.29) is 17.4 Å². The fourth-order valence-corrected chi connectivity index (χ4v) is 6.42. The van der Waals surface area contributed by atoms with Gasteiger partial charge in [-0.15, -0.1) is 11.3 Å². The molecule has 36 heavy (non-hydrogen) atoms. The minimum absolute atomic E-state index is 0.0551. The van der Waals surface area contributed by atoms with E-state index in [0.717, 1.165) is 58.2 Å². The SMILES string of the molecule is CNc1ccc(-c2ncc(-c3ccc(CNC(=O)C4CCNCC4)cc3S(=O)NC(C)(C)C)s2)cc1. The fourth-order valence-electron chi connectivity index (χ4n) is 4.10. The van der Waals surface area contributed by atoms with Crippen LogP contribution in [0, 0.1) is 5.92 Å². The molecule has 0 bridgehead atoms. The Kier molecular flexibility index (Phi) is 8.56. The number of carbonyl (C=O) groups excluding carboxylic acids is 1. The molecule has 192 valence electrons. The first-order valence-electron chi connectivity index (χ1n) is 12.3. The van der Waals surface area contributed by atoms with Crippen LogP contribution in [0.1, 0.15) is 39.2 Å². The Bertz CT molecular complexity index is 1210. The van der Waals surface area contributed by atoms with E-state index in [1.54, 1.807) is 11.3 Å². The van der Waals surface area contributed by atoms with Gasteiger partial charge in [0.05, 0.1) is 9.77 Å². The summed E-state index contributed by atoms with van der Waals surface area (Å²) in [5.74, 6) is 0.145. The molecule has 0 radical (unpaired) electrons. The molecule has 1 atom stereocenters. The first-order valence-corrected chi connectivity index (χ1v) is 14.3. The molecule has 1 aliphatic rings. The molecule has 3 aromatic rings. The lowest BCUT2D eigenvalue weighted by Crippen LogP contribution is -2.38. The second-order valence-corrected chi connectivity index (χ2v) is 12.3. The van der Waals surface area contributed by atoms with Crippen LogP contribution in [0.25, 0.3) is 21.0 Å². The van der Waals surface area contributed by atoms with Crippen molar-refractivity contribution in [3.05, 3.63) is 54.2 Å². The lowest BCUT2D eigenvalue weighted by atomic mass is 9.97. The average Bonchev–Trinajstić information content (AvgIpc) is 3.37. The average molecular weight is 526 g/mol. The third-order valence-corrected chi connectivity index (χ3v) is 8.63. The Balaban J connectivity index is 1.59. The topological polar surface area (TPSA) is 95.2 Å². The highest BCUT2D eigenvalue weighted by Crippen LogP contribution is 2.36. The summed E-state index contributed by atoms with van der Waals surface area (Å²) < 4.78 is 16.6. The molecule has 1 amide bonds. The predicted molar refractivity (Wildman–Crippen MR) is 149 cm³/mol. The molecule has 9 heteroatoms. The summed E-state index contributed by atoms with van der Waals surface area (Å²) in [6, 6.07) is 14.1. The van der Waals surface area contributed by atoms with Crippen molar-refractivity contribution in [3.8, 4) is 21.0 Å². The highest BCUT2D eigenvalue weighted by atomic mass is 32.2. The van der Waals surface area contributed by atoms with Gasteiger partial charge in [-0.2, -0.15) is 0 Å². The van der Waals surface area contributed by atoms with Crippen molar-refractivity contribution in [3.63, 3.8) is 0 Å². The first-order chi connectivity index (χ1) is 17.2. The quantitative estimate of drug-likeness (QED) is 0.346. The molecule has 1 unspecified atom stereocenters. The Hall–Kier alpha value is -2.59. The molecule has 1 fully saturated rings. The zero-order chi connectivity index (χ0) is 25.7. The summed E-state index contributed by atoms with van der Waals surface area (Å²) in [4.78, 5) is 18.9. The normalized spacial score (nSPS) is 15.4. The van der Waals surface area contributed by atoms with E-state index < -0.39 is 11.0 Å². The molecule has 1 aromatic heterocycles. The van der Waals surface area contributed by atoms with Crippen molar-refractivity contribution in [2.24, 2.45) is 5.92 Å². The van der Waals surface area contributed by atoms with Crippen LogP contribution in [0.4, 0.5) is 5.69 Å². The number of nitrogens with one attached hydrogen (secondary N) is 4. The van der Waals surface area contributed by atoms with Crippen molar-refractivity contribution in [2.45, 2.75) is 50.6 Å². The Morgan fingerprint density at radius 3 is 2.53 bits per heavy atom. The van der Waals surface area contributed by atoms with Crippen molar-refractivity contribution >= 4 is 33.9 Å². The van der Waals surface area contributed by atoms with Crippen molar-refractivity contribution < 1.29 is 9.00 Å². The summed E-state index contributed by atoms with van der Waals surface area (Å²) in [5.41, 5.74) is 3.57. The van der Waals surface area contributed by atoms with E-state index >= 15 is 0 Å². The second-order valence-electron chi connectivity index (χ2n) is 10.1. The van der Waals surface area contributed by atoms with Gasteiger partial charge in [-0.1, -0.05) is 12.1 Å². The Labute approximate surface area is 220 Å². The van der Waals surface area contributed by atoms with E-state index in [2.05, 4.69) is 25.7 Å².